The van der Waals surface area contributed by atoms with Gasteiger partial charge in [-0.15, -0.1) is 0 Å². The molecule has 0 bridgehead atoms. The van der Waals surface area contributed by atoms with Crippen molar-refractivity contribution >= 4 is 59.7 Å². The molecule has 3 aromatic carbocycles. The van der Waals surface area contributed by atoms with Gasteiger partial charge in [0.25, 0.3) is 0 Å². The third-order valence-electron chi connectivity index (χ3n) is 14.6. The third kappa shape index (κ3) is 24.5. The summed E-state index contributed by atoms with van der Waals surface area (Å²) in [5, 5.41) is 0. The molecule has 2 aliphatic rings. The van der Waals surface area contributed by atoms with Crippen LogP contribution in [0.4, 0.5) is 0 Å². The highest BCUT2D eigenvalue weighted by molar-refractivity contribution is 5.87. The molecule has 2 fully saturated rings. The average Bonchev–Trinajstić information content (AvgIpc) is 3.67. The second-order valence-electron chi connectivity index (χ2n) is 21.5. The maximum absolute atomic E-state index is 12.9. The zero-order valence-corrected chi connectivity index (χ0v) is 50.5. The molecule has 0 N–H and O–H groups in total. The minimum absolute atomic E-state index is 0.116. The van der Waals surface area contributed by atoms with Crippen molar-refractivity contribution in [3.05, 3.63) is 112 Å². The topological polar surface area (TPSA) is 263 Å². The van der Waals surface area contributed by atoms with E-state index in [1.54, 1.807) is 62.4 Å². The molecule has 0 aliphatic heterocycles. The van der Waals surface area contributed by atoms with Gasteiger partial charge in [-0.3, -0.25) is 38.4 Å². The Balaban J connectivity index is 0.000000373. The molecule has 0 saturated heterocycles. The Labute approximate surface area is 497 Å². The quantitative estimate of drug-likeness (QED) is 0.0297. The summed E-state index contributed by atoms with van der Waals surface area (Å²) in [5.41, 5.74) is 6.62. The number of rotatable bonds is 27. The minimum Gasteiger partial charge on any atom is -0.469 e. The maximum Gasteiger partial charge on any atom is 0.333 e. The van der Waals surface area contributed by atoms with Crippen LogP contribution in [0.1, 0.15) is 138 Å². The van der Waals surface area contributed by atoms with E-state index in [1.165, 1.54) is 26.5 Å². The summed E-state index contributed by atoms with van der Waals surface area (Å²) in [7, 11) is 1.37. The number of benzene rings is 3. The molecule has 0 aromatic heterocycles. The lowest BCUT2D eigenvalue weighted by Gasteiger charge is -2.26. The first-order valence-electron chi connectivity index (χ1n) is 28.7. The lowest BCUT2D eigenvalue weighted by molar-refractivity contribution is -0.156. The van der Waals surface area contributed by atoms with Gasteiger partial charge in [0.2, 0.25) is 0 Å². The van der Waals surface area contributed by atoms with Crippen LogP contribution in [0, 0.1) is 51.4 Å². The van der Waals surface area contributed by atoms with Crippen LogP contribution in [-0.4, -0.2) is 105 Å². The number of carbonyl (C=O) groups excluding carboxylic acids is 10. The molecule has 0 amide bonds. The first-order chi connectivity index (χ1) is 40.3. The van der Waals surface area contributed by atoms with Crippen LogP contribution in [0.2, 0.25) is 0 Å². The van der Waals surface area contributed by atoms with Crippen molar-refractivity contribution in [1.82, 2.24) is 0 Å². The Morgan fingerprint density at radius 2 is 0.788 bits per heavy atom. The van der Waals surface area contributed by atoms with E-state index in [-0.39, 0.29) is 111 Å². The molecule has 0 spiro atoms. The van der Waals surface area contributed by atoms with Crippen molar-refractivity contribution in [2.45, 2.75) is 157 Å². The first kappa shape index (κ1) is 69.3. The fourth-order valence-corrected chi connectivity index (χ4v) is 8.93. The summed E-state index contributed by atoms with van der Waals surface area (Å²) in [6.07, 6.45) is 3.68. The molecule has 2 aliphatic carbocycles. The second kappa shape index (κ2) is 35.2. The monoisotopic (exact) mass is 1180 g/mol. The van der Waals surface area contributed by atoms with Crippen LogP contribution < -0.4 is 14.2 Å². The summed E-state index contributed by atoms with van der Waals surface area (Å²) >= 11 is 0. The van der Waals surface area contributed by atoms with Gasteiger partial charge in [0.1, 0.15) is 42.7 Å². The molecular formula is C65H82O20. The number of hydrogen-bond acceptors (Lipinski definition) is 20. The highest BCUT2D eigenvalue weighted by Crippen LogP contribution is 2.34. The first-order valence-corrected chi connectivity index (χ1v) is 28.7. The molecule has 2 saturated carbocycles. The van der Waals surface area contributed by atoms with Crippen molar-refractivity contribution in [1.29, 1.82) is 0 Å². The van der Waals surface area contributed by atoms with Crippen molar-refractivity contribution < 1.29 is 95.3 Å². The van der Waals surface area contributed by atoms with E-state index in [2.05, 4.69) is 20.1 Å². The van der Waals surface area contributed by atoms with Gasteiger partial charge in [-0.05, 0) is 170 Å². The SMILES string of the molecule is C=C(C)C(=O)OC(C)COC(=O)CCC(=O)OCCc1ccc(OC(=O)C2CCC(C(=O)OC)CC2)cc1.C=C(C)C(=O)OC(C)COC(=O)CCC(=O)OCCc1ccc(OC(=O)C2CCC(C(=O)Oc3cc(C)c(C)c(C)c3C)CC2)cc1. The average molecular weight is 1180 g/mol. The molecule has 0 radical (unpaired) electrons. The van der Waals surface area contributed by atoms with E-state index < -0.39 is 48.0 Å². The Bertz CT molecular complexity index is 2830. The largest absolute Gasteiger partial charge is 0.469 e. The van der Waals surface area contributed by atoms with Gasteiger partial charge in [0.15, 0.2) is 0 Å². The zero-order chi connectivity index (χ0) is 62.8. The number of hydrogen-bond donors (Lipinski definition) is 0. The van der Waals surface area contributed by atoms with E-state index in [0.29, 0.717) is 81.5 Å². The predicted octanol–water partition coefficient (Wildman–Crippen LogP) is 9.64. The summed E-state index contributed by atoms with van der Waals surface area (Å²) in [4.78, 5) is 120. The second-order valence-corrected chi connectivity index (χ2v) is 21.5. The smallest absolute Gasteiger partial charge is 0.333 e. The van der Waals surface area contributed by atoms with Gasteiger partial charge in [-0.1, -0.05) is 37.4 Å². The minimum atomic E-state index is -0.633. The van der Waals surface area contributed by atoms with Crippen LogP contribution in [0.15, 0.2) is 78.9 Å². The van der Waals surface area contributed by atoms with Crippen LogP contribution in [0.3, 0.4) is 0 Å². The number of aryl methyl sites for hydroxylation is 1. The van der Waals surface area contributed by atoms with E-state index in [4.69, 9.17) is 47.4 Å². The Kier molecular flexibility index (Phi) is 28.7. The number of methoxy groups -OCH3 is 1. The number of esters is 10. The molecule has 2 unspecified atom stereocenters. The van der Waals surface area contributed by atoms with E-state index in [0.717, 1.165) is 27.8 Å². The predicted molar refractivity (Wildman–Crippen MR) is 309 cm³/mol. The van der Waals surface area contributed by atoms with Crippen LogP contribution in [0.5, 0.6) is 17.2 Å². The highest BCUT2D eigenvalue weighted by atomic mass is 16.6. The fraction of sp³-hybridized carbons (Fsp3) is 0.508. The number of carbonyl (C=O) groups is 10. The zero-order valence-electron chi connectivity index (χ0n) is 50.5. The number of ether oxygens (including phenoxy) is 10. The maximum atomic E-state index is 12.9. The van der Waals surface area contributed by atoms with E-state index >= 15 is 0 Å². The third-order valence-corrected chi connectivity index (χ3v) is 14.6. The normalized spacial score (nSPS) is 16.9. The molecule has 462 valence electrons. The van der Waals surface area contributed by atoms with E-state index in [9.17, 15) is 47.9 Å². The van der Waals surface area contributed by atoms with Gasteiger partial charge in [-0.2, -0.15) is 0 Å². The van der Waals surface area contributed by atoms with Crippen LogP contribution in [0.25, 0.3) is 0 Å². The Hall–Kier alpha value is -8.16. The molecule has 5 rings (SSSR count). The van der Waals surface area contributed by atoms with Gasteiger partial charge in [0, 0.05) is 24.0 Å². The summed E-state index contributed by atoms with van der Waals surface area (Å²) in [6, 6.07) is 15.8. The van der Waals surface area contributed by atoms with E-state index in [1.807, 2.05) is 26.8 Å². The molecule has 85 heavy (non-hydrogen) atoms. The van der Waals surface area contributed by atoms with Crippen molar-refractivity contribution in [2.75, 3.05) is 33.5 Å². The molecule has 20 heteroatoms. The summed E-state index contributed by atoms with van der Waals surface area (Å²) in [5.74, 6) is -4.00. The van der Waals surface area contributed by atoms with Crippen molar-refractivity contribution in [3.63, 3.8) is 0 Å². The highest BCUT2D eigenvalue weighted by Gasteiger charge is 2.34. The van der Waals surface area contributed by atoms with Gasteiger partial charge < -0.3 is 47.4 Å². The van der Waals surface area contributed by atoms with Crippen molar-refractivity contribution in [2.24, 2.45) is 23.7 Å². The molecule has 3 aromatic rings. The summed E-state index contributed by atoms with van der Waals surface area (Å²) in [6.45, 7) is 21.2. The molecule has 20 nitrogen and oxygen atoms in total. The molecule has 0 heterocycles. The molecule has 2 atom stereocenters. The van der Waals surface area contributed by atoms with Gasteiger partial charge in [0.05, 0.1) is 69.7 Å². The molecular weight excluding hydrogens is 1100 g/mol. The standard InChI is InChI=1S/C37H46O10.C28H36O10/c1-22(2)35(40)45-24(4)21-44-34(39)17-16-33(38)43-19-18-28-8-14-31(15-9-28)46-36(41)29-10-12-30(13-11-29)37(42)47-32-20-23(3)25(5)26(6)27(32)7;1-18(2)26(31)37-19(3)17-36-25(30)14-13-24(29)35-16-15-20-5-11-23(12-6-20)38-28(33)22-9-7-21(8-10-22)27(32)34-4/h8-9,14-15,20,24,29-30H,1,10-13,16-19,21H2,2-7H3;5-6,11-12,19,21-22H,1,7-10,13-17H2,2-4H3. The lowest BCUT2D eigenvalue weighted by atomic mass is 9.82. The van der Waals surface area contributed by atoms with Gasteiger partial charge >= 0.3 is 59.7 Å². The summed E-state index contributed by atoms with van der Waals surface area (Å²) < 4.78 is 52.1. The fourth-order valence-electron chi connectivity index (χ4n) is 8.93. The Morgan fingerprint density at radius 1 is 0.459 bits per heavy atom. The Morgan fingerprint density at radius 3 is 1.13 bits per heavy atom. The van der Waals surface area contributed by atoms with Crippen molar-refractivity contribution in [3.8, 4) is 17.2 Å². The lowest BCUT2D eigenvalue weighted by Crippen LogP contribution is -2.30. The van der Waals surface area contributed by atoms with Crippen LogP contribution >= 0.6 is 0 Å². The van der Waals surface area contributed by atoms with Crippen LogP contribution in [-0.2, 0) is 93.9 Å². The van der Waals surface area contributed by atoms with Gasteiger partial charge in [-0.25, -0.2) is 9.59 Å².